The van der Waals surface area contributed by atoms with Gasteiger partial charge in [0.15, 0.2) is 0 Å². The number of carbonyl (C=O) groups excluding carboxylic acids is 1. The van der Waals surface area contributed by atoms with Crippen LogP contribution in [0.25, 0.3) is 0 Å². The van der Waals surface area contributed by atoms with E-state index in [4.69, 9.17) is 5.73 Å². The van der Waals surface area contributed by atoms with Crippen LogP contribution in [0.5, 0.6) is 0 Å². The van der Waals surface area contributed by atoms with E-state index < -0.39 is 0 Å². The van der Waals surface area contributed by atoms with Crippen molar-refractivity contribution in [3.63, 3.8) is 0 Å². The molecule has 4 nitrogen and oxygen atoms in total. The molecular formula is C15H13N3O. The third kappa shape index (κ3) is 3.66. The molecule has 94 valence electrons. The Balaban J connectivity index is 2.06. The molecule has 1 amide bonds. The lowest BCUT2D eigenvalue weighted by Gasteiger charge is -2.04. The number of nitrogens with zero attached hydrogens (tertiary/aromatic N) is 1. The molecule has 0 saturated heterocycles. The first kappa shape index (κ1) is 12.8. The van der Waals surface area contributed by atoms with Gasteiger partial charge in [-0.15, -0.1) is 0 Å². The Labute approximate surface area is 111 Å². The molecular weight excluding hydrogens is 238 g/mol. The zero-order valence-electron chi connectivity index (χ0n) is 10.3. The van der Waals surface area contributed by atoms with Gasteiger partial charge in [0.1, 0.15) is 5.69 Å². The number of benzene rings is 1. The Morgan fingerprint density at radius 3 is 2.63 bits per heavy atom. The maximum absolute atomic E-state index is 11.9. The predicted octanol–water partition coefficient (Wildman–Crippen LogP) is 1.64. The van der Waals surface area contributed by atoms with E-state index in [2.05, 4.69) is 22.1 Å². The van der Waals surface area contributed by atoms with Crippen LogP contribution < -0.4 is 11.1 Å². The van der Waals surface area contributed by atoms with Crippen molar-refractivity contribution in [3.8, 4) is 11.8 Å². The van der Waals surface area contributed by atoms with Crippen LogP contribution in [0.2, 0.25) is 0 Å². The van der Waals surface area contributed by atoms with Crippen molar-refractivity contribution < 1.29 is 4.79 Å². The van der Waals surface area contributed by atoms with Gasteiger partial charge in [0.25, 0.3) is 5.91 Å². The molecule has 19 heavy (non-hydrogen) atoms. The van der Waals surface area contributed by atoms with Crippen molar-refractivity contribution in [1.82, 2.24) is 4.98 Å². The van der Waals surface area contributed by atoms with Crippen molar-refractivity contribution in [2.45, 2.75) is 0 Å². The van der Waals surface area contributed by atoms with Gasteiger partial charge in [-0.3, -0.25) is 9.78 Å². The molecule has 0 saturated carbocycles. The third-order valence-electron chi connectivity index (χ3n) is 2.38. The van der Waals surface area contributed by atoms with Crippen molar-refractivity contribution in [3.05, 3.63) is 59.9 Å². The minimum absolute atomic E-state index is 0.235. The summed E-state index contributed by atoms with van der Waals surface area (Å²) in [6, 6.07) is 12.4. The highest BCUT2D eigenvalue weighted by molar-refractivity contribution is 6.02. The van der Waals surface area contributed by atoms with E-state index in [1.807, 2.05) is 12.1 Å². The highest BCUT2D eigenvalue weighted by atomic mass is 16.1. The molecule has 0 atom stereocenters. The van der Waals surface area contributed by atoms with E-state index in [9.17, 15) is 4.79 Å². The highest BCUT2D eigenvalue weighted by Crippen LogP contribution is 2.10. The van der Waals surface area contributed by atoms with E-state index in [0.717, 1.165) is 5.56 Å². The maximum Gasteiger partial charge on any atom is 0.274 e. The number of hydrogen-bond acceptors (Lipinski definition) is 3. The van der Waals surface area contributed by atoms with Gasteiger partial charge >= 0.3 is 0 Å². The van der Waals surface area contributed by atoms with E-state index in [-0.39, 0.29) is 5.91 Å². The molecule has 0 spiro atoms. The van der Waals surface area contributed by atoms with Crippen LogP contribution in [0.3, 0.4) is 0 Å². The van der Waals surface area contributed by atoms with Crippen molar-refractivity contribution in [2.24, 2.45) is 5.73 Å². The van der Waals surface area contributed by atoms with Crippen molar-refractivity contribution in [2.75, 3.05) is 11.9 Å². The number of anilines is 1. The maximum atomic E-state index is 11.9. The van der Waals surface area contributed by atoms with E-state index in [0.29, 0.717) is 17.9 Å². The Hall–Kier alpha value is -2.64. The topological polar surface area (TPSA) is 68.0 Å². The molecule has 2 rings (SSSR count). The third-order valence-corrected chi connectivity index (χ3v) is 2.38. The largest absolute Gasteiger partial charge is 0.321 e. The molecule has 4 heteroatoms. The van der Waals surface area contributed by atoms with E-state index >= 15 is 0 Å². The van der Waals surface area contributed by atoms with Gasteiger partial charge in [-0.1, -0.05) is 17.9 Å². The normalized spacial score (nSPS) is 9.32. The minimum atomic E-state index is -0.235. The van der Waals surface area contributed by atoms with Crippen LogP contribution in [-0.4, -0.2) is 17.4 Å². The summed E-state index contributed by atoms with van der Waals surface area (Å²) in [7, 11) is 0. The fourth-order valence-corrected chi connectivity index (χ4v) is 1.48. The number of nitrogens with two attached hydrogens (primary N) is 1. The Morgan fingerprint density at radius 1 is 1.21 bits per heavy atom. The number of carbonyl (C=O) groups is 1. The van der Waals surface area contributed by atoms with Gasteiger partial charge in [-0.05, 0) is 36.4 Å². The SMILES string of the molecule is NCC#Cc1ccc(NC(=O)c2ccccn2)cc1. The average Bonchev–Trinajstić information content (AvgIpc) is 2.47. The molecule has 0 aliphatic heterocycles. The fourth-order valence-electron chi connectivity index (χ4n) is 1.48. The molecule has 0 aliphatic rings. The first-order chi connectivity index (χ1) is 9.29. The standard InChI is InChI=1S/C15H13N3O/c16-10-3-4-12-6-8-13(9-7-12)18-15(19)14-5-1-2-11-17-14/h1-2,5-9,11H,10,16H2,(H,18,19). The van der Waals surface area contributed by atoms with Gasteiger partial charge in [0.05, 0.1) is 6.54 Å². The van der Waals surface area contributed by atoms with Crippen molar-refractivity contribution >= 4 is 11.6 Å². The molecule has 0 aliphatic carbocycles. The van der Waals surface area contributed by atoms with Crippen LogP contribution in [0, 0.1) is 11.8 Å². The van der Waals surface area contributed by atoms with Crippen LogP contribution in [0.15, 0.2) is 48.7 Å². The second-order valence-electron chi connectivity index (χ2n) is 3.75. The second-order valence-corrected chi connectivity index (χ2v) is 3.75. The summed E-state index contributed by atoms with van der Waals surface area (Å²) in [5.41, 5.74) is 7.25. The van der Waals surface area contributed by atoms with E-state index in [1.54, 1.807) is 36.5 Å². The summed E-state index contributed by atoms with van der Waals surface area (Å²) in [5, 5.41) is 2.77. The van der Waals surface area contributed by atoms with Crippen LogP contribution in [-0.2, 0) is 0 Å². The molecule has 0 bridgehead atoms. The number of nitrogens with one attached hydrogen (secondary N) is 1. The number of amides is 1. The van der Waals surface area contributed by atoms with Crippen LogP contribution in [0.4, 0.5) is 5.69 Å². The number of pyridine rings is 1. The molecule has 0 fully saturated rings. The number of hydrogen-bond donors (Lipinski definition) is 2. The molecule has 1 aromatic heterocycles. The average molecular weight is 251 g/mol. The van der Waals surface area contributed by atoms with Crippen LogP contribution in [0.1, 0.15) is 16.1 Å². The van der Waals surface area contributed by atoms with Gasteiger partial charge in [-0.2, -0.15) is 0 Å². The zero-order valence-corrected chi connectivity index (χ0v) is 10.3. The molecule has 3 N–H and O–H groups in total. The highest BCUT2D eigenvalue weighted by Gasteiger charge is 2.05. The molecule has 1 aromatic carbocycles. The van der Waals surface area contributed by atoms with Gasteiger partial charge in [0, 0.05) is 17.4 Å². The predicted molar refractivity (Wildman–Crippen MR) is 74.6 cm³/mol. The first-order valence-electron chi connectivity index (χ1n) is 5.81. The second kappa shape index (κ2) is 6.34. The summed E-state index contributed by atoms with van der Waals surface area (Å²) in [6.45, 7) is 0.332. The van der Waals surface area contributed by atoms with E-state index in [1.165, 1.54) is 0 Å². The lowest BCUT2D eigenvalue weighted by molar-refractivity contribution is 0.102. The lowest BCUT2D eigenvalue weighted by Crippen LogP contribution is -2.13. The summed E-state index contributed by atoms with van der Waals surface area (Å²) < 4.78 is 0. The molecule has 0 radical (unpaired) electrons. The number of rotatable bonds is 2. The molecule has 1 heterocycles. The summed E-state index contributed by atoms with van der Waals surface area (Å²) in [4.78, 5) is 15.8. The minimum Gasteiger partial charge on any atom is -0.321 e. The van der Waals surface area contributed by atoms with Gasteiger partial charge < -0.3 is 11.1 Å². The Morgan fingerprint density at radius 2 is 2.00 bits per heavy atom. The summed E-state index contributed by atoms with van der Waals surface area (Å²) in [5.74, 6) is 5.45. The smallest absolute Gasteiger partial charge is 0.274 e. The van der Waals surface area contributed by atoms with Gasteiger partial charge in [-0.25, -0.2) is 0 Å². The fraction of sp³-hybridized carbons (Fsp3) is 0.0667. The Kier molecular flexibility index (Phi) is 4.27. The van der Waals surface area contributed by atoms with Crippen molar-refractivity contribution in [1.29, 1.82) is 0 Å². The first-order valence-corrected chi connectivity index (χ1v) is 5.81. The summed E-state index contributed by atoms with van der Waals surface area (Å²) in [6.07, 6.45) is 1.58. The van der Waals surface area contributed by atoms with Gasteiger partial charge in [0.2, 0.25) is 0 Å². The number of aromatic nitrogens is 1. The molecule has 2 aromatic rings. The zero-order chi connectivity index (χ0) is 13.5. The molecule has 0 unspecified atom stereocenters. The monoisotopic (exact) mass is 251 g/mol. The lowest BCUT2D eigenvalue weighted by atomic mass is 10.2. The van der Waals surface area contributed by atoms with Crippen LogP contribution >= 0.6 is 0 Å². The summed E-state index contributed by atoms with van der Waals surface area (Å²) >= 11 is 0. The quantitative estimate of drug-likeness (QED) is 0.797. The Bertz CT molecular complexity index is 609.